The molecular weight excluding hydrogens is 265 g/mol. The zero-order valence-corrected chi connectivity index (χ0v) is 11.1. The van der Waals surface area contributed by atoms with Crippen LogP contribution in [-0.4, -0.2) is 5.11 Å². The van der Waals surface area contributed by atoms with E-state index in [1.807, 2.05) is 24.3 Å². The minimum Gasteiger partial charge on any atom is -0.392 e. The summed E-state index contributed by atoms with van der Waals surface area (Å²) < 4.78 is 13.2. The van der Waals surface area contributed by atoms with Crippen molar-refractivity contribution in [3.05, 3.63) is 70.0 Å². The molecule has 2 rings (SSSR count). The Labute approximate surface area is 116 Å². The van der Waals surface area contributed by atoms with Crippen LogP contribution in [0.15, 0.2) is 42.5 Å². The summed E-state index contributed by atoms with van der Waals surface area (Å²) in [5.74, 6) is -0.374. The fraction of sp³-hybridized carbons (Fsp3) is 0.200. The molecule has 2 N–H and O–H groups in total. The molecular formula is C15H15ClFNO. The highest BCUT2D eigenvalue weighted by atomic mass is 35.5. The van der Waals surface area contributed by atoms with Gasteiger partial charge in [-0.2, -0.15) is 0 Å². The third-order valence-corrected chi connectivity index (χ3v) is 3.06. The number of halogens is 2. The fourth-order valence-electron chi connectivity index (χ4n) is 1.86. The summed E-state index contributed by atoms with van der Waals surface area (Å²) in [6, 6.07) is 12.4. The summed E-state index contributed by atoms with van der Waals surface area (Å²) in [4.78, 5) is 0. The third-order valence-electron chi connectivity index (χ3n) is 2.83. The van der Waals surface area contributed by atoms with Gasteiger partial charge in [0.05, 0.1) is 6.61 Å². The first-order valence-corrected chi connectivity index (χ1v) is 6.40. The van der Waals surface area contributed by atoms with Gasteiger partial charge in [0.1, 0.15) is 5.82 Å². The molecule has 2 nitrogen and oxygen atoms in total. The van der Waals surface area contributed by atoms with E-state index in [2.05, 4.69) is 5.32 Å². The summed E-state index contributed by atoms with van der Waals surface area (Å²) in [7, 11) is 0. The molecule has 0 amide bonds. The molecule has 0 saturated heterocycles. The zero-order chi connectivity index (χ0) is 13.7. The molecule has 0 heterocycles. The molecule has 0 bridgehead atoms. The Morgan fingerprint density at radius 2 is 1.79 bits per heavy atom. The smallest absolute Gasteiger partial charge is 0.128 e. The summed E-state index contributed by atoms with van der Waals surface area (Å²) in [6.07, 6.45) is 0. The number of rotatable bonds is 5. The predicted octanol–water partition coefficient (Wildman–Crippen LogP) is 3.26. The van der Waals surface area contributed by atoms with Crippen molar-refractivity contribution in [3.63, 3.8) is 0 Å². The normalized spacial score (nSPS) is 10.7. The molecule has 0 aliphatic heterocycles. The highest BCUT2D eigenvalue weighted by Crippen LogP contribution is 2.12. The Kier molecular flexibility index (Phi) is 4.91. The average molecular weight is 280 g/mol. The molecule has 0 atom stereocenters. The Balaban J connectivity index is 1.92. The Morgan fingerprint density at radius 1 is 1.05 bits per heavy atom. The number of benzene rings is 2. The van der Waals surface area contributed by atoms with Crippen LogP contribution >= 0.6 is 11.6 Å². The van der Waals surface area contributed by atoms with Crippen molar-refractivity contribution in [3.8, 4) is 0 Å². The van der Waals surface area contributed by atoms with Crippen LogP contribution in [-0.2, 0) is 19.7 Å². The minimum atomic E-state index is -0.374. The molecule has 0 fully saturated rings. The Hall–Kier alpha value is -1.42. The standard InChI is InChI=1S/C15H15ClFNO/c16-14-3-1-2-11(7-14)8-18-9-12-4-5-15(17)13(6-12)10-19/h1-7,18-19H,8-10H2. The highest BCUT2D eigenvalue weighted by molar-refractivity contribution is 6.30. The predicted molar refractivity (Wildman–Crippen MR) is 74.3 cm³/mol. The molecule has 0 aliphatic carbocycles. The number of hydrogen-bond donors (Lipinski definition) is 2. The quantitative estimate of drug-likeness (QED) is 0.880. The van der Waals surface area contributed by atoms with Gasteiger partial charge in [-0.15, -0.1) is 0 Å². The second-order valence-electron chi connectivity index (χ2n) is 4.32. The van der Waals surface area contributed by atoms with Gasteiger partial charge in [-0.3, -0.25) is 0 Å². The number of aliphatic hydroxyl groups is 1. The molecule has 0 aromatic heterocycles. The molecule has 0 radical (unpaired) electrons. The second-order valence-corrected chi connectivity index (χ2v) is 4.75. The van der Waals surface area contributed by atoms with Crippen molar-refractivity contribution in [2.45, 2.75) is 19.7 Å². The van der Waals surface area contributed by atoms with Crippen LogP contribution in [0.3, 0.4) is 0 Å². The van der Waals surface area contributed by atoms with Gasteiger partial charge < -0.3 is 10.4 Å². The van der Waals surface area contributed by atoms with Gasteiger partial charge in [-0.1, -0.05) is 29.8 Å². The maximum atomic E-state index is 13.2. The van der Waals surface area contributed by atoms with Gasteiger partial charge in [-0.25, -0.2) is 4.39 Å². The van der Waals surface area contributed by atoms with Crippen molar-refractivity contribution in [1.29, 1.82) is 0 Å². The lowest BCUT2D eigenvalue weighted by Gasteiger charge is -2.07. The largest absolute Gasteiger partial charge is 0.392 e. The average Bonchev–Trinajstić information content (AvgIpc) is 2.41. The van der Waals surface area contributed by atoms with Crippen LogP contribution in [0.5, 0.6) is 0 Å². The number of aliphatic hydroxyl groups excluding tert-OH is 1. The van der Waals surface area contributed by atoms with E-state index in [0.29, 0.717) is 23.7 Å². The molecule has 100 valence electrons. The lowest BCUT2D eigenvalue weighted by atomic mass is 10.1. The van der Waals surface area contributed by atoms with Crippen molar-refractivity contribution < 1.29 is 9.50 Å². The van der Waals surface area contributed by atoms with E-state index in [1.54, 1.807) is 12.1 Å². The molecule has 2 aromatic carbocycles. The van der Waals surface area contributed by atoms with Crippen molar-refractivity contribution in [2.75, 3.05) is 0 Å². The molecule has 4 heteroatoms. The second kappa shape index (κ2) is 6.66. The fourth-order valence-corrected chi connectivity index (χ4v) is 2.07. The van der Waals surface area contributed by atoms with Crippen molar-refractivity contribution in [1.82, 2.24) is 5.32 Å². The third kappa shape index (κ3) is 4.03. The van der Waals surface area contributed by atoms with Crippen molar-refractivity contribution >= 4 is 11.6 Å². The zero-order valence-electron chi connectivity index (χ0n) is 10.4. The lowest BCUT2D eigenvalue weighted by molar-refractivity contribution is 0.275. The van der Waals surface area contributed by atoms with Crippen LogP contribution in [0.4, 0.5) is 4.39 Å². The van der Waals surface area contributed by atoms with E-state index >= 15 is 0 Å². The van der Waals surface area contributed by atoms with Crippen LogP contribution in [0.2, 0.25) is 5.02 Å². The van der Waals surface area contributed by atoms with Gasteiger partial charge in [0.2, 0.25) is 0 Å². The molecule has 0 unspecified atom stereocenters. The summed E-state index contributed by atoms with van der Waals surface area (Å²) in [5, 5.41) is 13.0. The van der Waals surface area contributed by atoms with Gasteiger partial charge >= 0.3 is 0 Å². The van der Waals surface area contributed by atoms with Crippen LogP contribution < -0.4 is 5.32 Å². The minimum absolute atomic E-state index is 0.284. The SMILES string of the molecule is OCc1cc(CNCc2cccc(Cl)c2)ccc1F. The van der Waals surface area contributed by atoms with Crippen LogP contribution in [0.25, 0.3) is 0 Å². The summed E-state index contributed by atoms with van der Waals surface area (Å²) in [5.41, 5.74) is 2.35. The first-order valence-electron chi connectivity index (χ1n) is 6.02. The van der Waals surface area contributed by atoms with E-state index < -0.39 is 0 Å². The van der Waals surface area contributed by atoms with Gasteiger partial charge in [-0.05, 0) is 35.4 Å². The molecule has 19 heavy (non-hydrogen) atoms. The summed E-state index contributed by atoms with van der Waals surface area (Å²) >= 11 is 5.90. The molecule has 2 aromatic rings. The van der Waals surface area contributed by atoms with E-state index in [4.69, 9.17) is 16.7 Å². The van der Waals surface area contributed by atoms with Gasteiger partial charge in [0.25, 0.3) is 0 Å². The Bertz CT molecular complexity index is 560. The lowest BCUT2D eigenvalue weighted by Crippen LogP contribution is -2.13. The van der Waals surface area contributed by atoms with E-state index in [9.17, 15) is 4.39 Å². The van der Waals surface area contributed by atoms with E-state index in [1.165, 1.54) is 6.07 Å². The van der Waals surface area contributed by atoms with Gasteiger partial charge in [0, 0.05) is 23.7 Å². The number of nitrogens with one attached hydrogen (secondary N) is 1. The Morgan fingerprint density at radius 3 is 2.47 bits per heavy atom. The summed E-state index contributed by atoms with van der Waals surface area (Å²) in [6.45, 7) is 1.01. The number of hydrogen-bond acceptors (Lipinski definition) is 2. The first kappa shape index (κ1) is 14.0. The molecule has 0 saturated carbocycles. The van der Waals surface area contributed by atoms with Crippen molar-refractivity contribution in [2.24, 2.45) is 0 Å². The van der Waals surface area contributed by atoms with Crippen LogP contribution in [0.1, 0.15) is 16.7 Å². The first-order chi connectivity index (χ1) is 9.19. The van der Waals surface area contributed by atoms with E-state index in [0.717, 1.165) is 11.1 Å². The molecule has 0 aliphatic rings. The van der Waals surface area contributed by atoms with E-state index in [-0.39, 0.29) is 12.4 Å². The monoisotopic (exact) mass is 279 g/mol. The highest BCUT2D eigenvalue weighted by Gasteiger charge is 2.02. The topological polar surface area (TPSA) is 32.3 Å². The maximum absolute atomic E-state index is 13.2. The van der Waals surface area contributed by atoms with Gasteiger partial charge in [0.15, 0.2) is 0 Å². The van der Waals surface area contributed by atoms with Crippen LogP contribution in [0, 0.1) is 5.82 Å². The maximum Gasteiger partial charge on any atom is 0.128 e. The molecule has 0 spiro atoms.